The molecule has 0 aromatic carbocycles. The molecule has 0 heterocycles. The molecule has 0 spiro atoms. The predicted molar refractivity (Wildman–Crippen MR) is 362 cm³/mol. The summed E-state index contributed by atoms with van der Waals surface area (Å²) in [6, 6.07) is 0. The lowest BCUT2D eigenvalue weighted by atomic mass is 10.0. The number of carbonyl (C=O) groups is 3. The first-order valence-electron chi connectivity index (χ1n) is 37.5. The summed E-state index contributed by atoms with van der Waals surface area (Å²) in [7, 11) is 0. The van der Waals surface area contributed by atoms with Gasteiger partial charge in [0.05, 0.1) is 0 Å². The zero-order valence-corrected chi connectivity index (χ0v) is 56.2. The second-order valence-corrected chi connectivity index (χ2v) is 25.5. The van der Waals surface area contributed by atoms with Gasteiger partial charge < -0.3 is 14.2 Å². The maximum Gasteiger partial charge on any atom is 0.306 e. The summed E-state index contributed by atoms with van der Waals surface area (Å²) in [4.78, 5) is 38.5. The van der Waals surface area contributed by atoms with E-state index in [9.17, 15) is 14.4 Å². The van der Waals surface area contributed by atoms with Crippen LogP contribution in [-0.4, -0.2) is 37.2 Å². The molecule has 0 saturated carbocycles. The number of esters is 3. The van der Waals surface area contributed by atoms with E-state index in [1.165, 1.54) is 295 Å². The van der Waals surface area contributed by atoms with Gasteiger partial charge in [0.25, 0.3) is 0 Å². The molecule has 0 aliphatic rings. The minimum Gasteiger partial charge on any atom is -0.462 e. The average Bonchev–Trinajstić information content (AvgIpc) is 3.50. The summed E-state index contributed by atoms with van der Waals surface area (Å²) in [5, 5.41) is 0. The molecule has 6 heteroatoms. The Bertz CT molecular complexity index is 1380. The van der Waals surface area contributed by atoms with Crippen molar-refractivity contribution in [1.29, 1.82) is 0 Å². The van der Waals surface area contributed by atoms with Crippen LogP contribution in [0.4, 0.5) is 0 Å². The summed E-state index contributed by atoms with van der Waals surface area (Å²) in [6.07, 6.45) is 90.7. The molecule has 0 rings (SSSR count). The smallest absolute Gasteiger partial charge is 0.306 e. The fourth-order valence-corrected chi connectivity index (χ4v) is 11.6. The van der Waals surface area contributed by atoms with Crippen LogP contribution in [0.5, 0.6) is 0 Å². The van der Waals surface area contributed by atoms with E-state index in [-0.39, 0.29) is 31.1 Å². The van der Waals surface area contributed by atoms with Crippen LogP contribution < -0.4 is 0 Å². The standard InChI is InChI=1S/C77H144O6/c1-4-7-10-13-16-19-22-25-27-29-31-33-35-37-39-41-43-45-47-49-52-55-58-61-64-67-70-76(79)82-73-74(72-81-75(78)69-66-63-60-57-54-51-24-21-18-15-12-9-6-3)83-77(80)71-68-65-62-59-56-53-50-48-46-44-42-40-38-36-34-32-30-28-26-23-20-17-14-11-8-5-2/h9,12,18,21,51,54,74H,4-8,10-11,13-17,19-20,22-50,52-53,55-73H2,1-3H3/b12-9-,21-18-,54-51-. The van der Waals surface area contributed by atoms with E-state index in [0.29, 0.717) is 19.3 Å². The van der Waals surface area contributed by atoms with Crippen LogP contribution in [0.2, 0.25) is 0 Å². The Morgan fingerprint density at radius 3 is 0.735 bits per heavy atom. The Balaban J connectivity index is 4.19. The van der Waals surface area contributed by atoms with Crippen molar-refractivity contribution in [2.24, 2.45) is 0 Å². The molecule has 0 bridgehead atoms. The van der Waals surface area contributed by atoms with E-state index in [4.69, 9.17) is 14.2 Å². The molecule has 0 aromatic rings. The monoisotopic (exact) mass is 1170 g/mol. The van der Waals surface area contributed by atoms with E-state index in [1.807, 2.05) is 0 Å². The molecule has 0 N–H and O–H groups in total. The Morgan fingerprint density at radius 2 is 0.470 bits per heavy atom. The number of unbranched alkanes of at least 4 members (excludes halogenated alkanes) is 53. The summed E-state index contributed by atoms with van der Waals surface area (Å²) in [5.74, 6) is -0.874. The molecule has 83 heavy (non-hydrogen) atoms. The van der Waals surface area contributed by atoms with Crippen LogP contribution in [0.3, 0.4) is 0 Å². The summed E-state index contributed by atoms with van der Waals surface area (Å²) in [6.45, 7) is 6.59. The van der Waals surface area contributed by atoms with Crippen LogP contribution in [-0.2, 0) is 28.6 Å². The van der Waals surface area contributed by atoms with Gasteiger partial charge in [-0.2, -0.15) is 0 Å². The number of hydrogen-bond donors (Lipinski definition) is 0. The van der Waals surface area contributed by atoms with Gasteiger partial charge >= 0.3 is 17.9 Å². The molecule has 488 valence electrons. The van der Waals surface area contributed by atoms with E-state index < -0.39 is 6.10 Å². The maximum absolute atomic E-state index is 13.0. The van der Waals surface area contributed by atoms with Gasteiger partial charge in [-0.1, -0.05) is 385 Å². The minimum atomic E-state index is -0.782. The topological polar surface area (TPSA) is 78.9 Å². The fraction of sp³-hybridized carbons (Fsp3) is 0.883. The first kappa shape index (κ1) is 80.6. The van der Waals surface area contributed by atoms with Crippen molar-refractivity contribution in [3.05, 3.63) is 36.5 Å². The normalized spacial score (nSPS) is 12.2. The zero-order valence-electron chi connectivity index (χ0n) is 56.2. The van der Waals surface area contributed by atoms with Crippen LogP contribution in [0.15, 0.2) is 36.5 Å². The number of rotatable bonds is 70. The van der Waals surface area contributed by atoms with E-state index in [1.54, 1.807) is 0 Å². The fourth-order valence-electron chi connectivity index (χ4n) is 11.6. The Kier molecular flexibility index (Phi) is 70.0. The lowest BCUT2D eigenvalue weighted by Crippen LogP contribution is -2.30. The van der Waals surface area contributed by atoms with Crippen molar-refractivity contribution in [2.45, 2.75) is 425 Å². The third kappa shape index (κ3) is 70.3. The largest absolute Gasteiger partial charge is 0.462 e. The molecule has 0 amide bonds. The molecule has 0 aliphatic heterocycles. The van der Waals surface area contributed by atoms with Crippen molar-refractivity contribution in [1.82, 2.24) is 0 Å². The predicted octanol–water partition coefficient (Wildman–Crippen LogP) is 25.9. The third-order valence-electron chi connectivity index (χ3n) is 17.2. The molecule has 0 aliphatic carbocycles. The van der Waals surface area contributed by atoms with Gasteiger partial charge in [0.2, 0.25) is 0 Å². The van der Waals surface area contributed by atoms with Crippen LogP contribution in [0.1, 0.15) is 419 Å². The zero-order chi connectivity index (χ0) is 59.9. The van der Waals surface area contributed by atoms with Gasteiger partial charge in [0.1, 0.15) is 13.2 Å². The molecule has 1 atom stereocenters. The van der Waals surface area contributed by atoms with Gasteiger partial charge in [-0.3, -0.25) is 14.4 Å². The lowest BCUT2D eigenvalue weighted by molar-refractivity contribution is -0.167. The maximum atomic E-state index is 13.0. The Morgan fingerprint density at radius 1 is 0.253 bits per heavy atom. The van der Waals surface area contributed by atoms with Gasteiger partial charge in [-0.25, -0.2) is 0 Å². The summed E-state index contributed by atoms with van der Waals surface area (Å²) in [5.41, 5.74) is 0. The van der Waals surface area contributed by atoms with Crippen LogP contribution in [0, 0.1) is 0 Å². The second kappa shape index (κ2) is 72.1. The highest BCUT2D eigenvalue weighted by molar-refractivity contribution is 5.71. The Labute approximate surface area is 518 Å². The Hall–Kier alpha value is -2.37. The second-order valence-electron chi connectivity index (χ2n) is 25.5. The van der Waals surface area contributed by atoms with Crippen molar-refractivity contribution >= 4 is 17.9 Å². The van der Waals surface area contributed by atoms with Crippen molar-refractivity contribution in [2.75, 3.05) is 13.2 Å². The van der Waals surface area contributed by atoms with Gasteiger partial charge in [-0.15, -0.1) is 0 Å². The highest BCUT2D eigenvalue weighted by Gasteiger charge is 2.20. The highest BCUT2D eigenvalue weighted by atomic mass is 16.6. The number of ether oxygens (including phenoxy) is 3. The number of allylic oxidation sites excluding steroid dienone is 6. The van der Waals surface area contributed by atoms with Gasteiger partial charge in [0.15, 0.2) is 6.10 Å². The van der Waals surface area contributed by atoms with Crippen molar-refractivity contribution in [3.63, 3.8) is 0 Å². The molecule has 0 saturated heterocycles. The summed E-state index contributed by atoms with van der Waals surface area (Å²) >= 11 is 0. The van der Waals surface area contributed by atoms with E-state index in [2.05, 4.69) is 57.2 Å². The minimum absolute atomic E-state index is 0.0756. The first-order valence-corrected chi connectivity index (χ1v) is 37.5. The molecule has 6 nitrogen and oxygen atoms in total. The SMILES string of the molecule is CC/C=C\C/C=C\C/C=C\CCCCCC(=O)OCC(COC(=O)CCCCCCCCCCCCCCCCCCCCCCCCCCCC)OC(=O)CCCCCCCCCCCCCCCCCCCCCCCCCCCC. The first-order chi connectivity index (χ1) is 41.0. The van der Waals surface area contributed by atoms with Crippen molar-refractivity contribution in [3.8, 4) is 0 Å². The van der Waals surface area contributed by atoms with E-state index in [0.717, 1.165) is 83.5 Å². The molecular weight excluding hydrogens is 1020 g/mol. The van der Waals surface area contributed by atoms with Crippen LogP contribution in [0.25, 0.3) is 0 Å². The number of carbonyl (C=O) groups excluding carboxylic acids is 3. The molecule has 0 radical (unpaired) electrons. The van der Waals surface area contributed by atoms with Crippen molar-refractivity contribution < 1.29 is 28.6 Å². The third-order valence-corrected chi connectivity index (χ3v) is 17.2. The van der Waals surface area contributed by atoms with Gasteiger partial charge in [-0.05, 0) is 51.4 Å². The molecular formula is C77H144O6. The highest BCUT2D eigenvalue weighted by Crippen LogP contribution is 2.20. The lowest BCUT2D eigenvalue weighted by Gasteiger charge is -2.18. The van der Waals surface area contributed by atoms with E-state index >= 15 is 0 Å². The molecule has 1 unspecified atom stereocenters. The molecule has 0 fully saturated rings. The summed E-state index contributed by atoms with van der Waals surface area (Å²) < 4.78 is 17.0. The molecule has 0 aromatic heterocycles. The average molecular weight is 1170 g/mol. The quantitative estimate of drug-likeness (QED) is 0.0261. The van der Waals surface area contributed by atoms with Crippen LogP contribution >= 0.6 is 0 Å². The number of hydrogen-bond acceptors (Lipinski definition) is 6. The van der Waals surface area contributed by atoms with Gasteiger partial charge in [0, 0.05) is 19.3 Å².